The highest BCUT2D eigenvalue weighted by Gasteiger charge is 2.54. The summed E-state index contributed by atoms with van der Waals surface area (Å²) in [6.45, 7) is 8.53. The summed E-state index contributed by atoms with van der Waals surface area (Å²) < 4.78 is 11.4. The fourth-order valence-corrected chi connectivity index (χ4v) is 5.78. The minimum Gasteiger partial charge on any atom is -0.453 e. The van der Waals surface area contributed by atoms with Crippen LogP contribution >= 0.6 is 0 Å². The molecule has 1 aliphatic carbocycles. The minimum atomic E-state index is -0.962. The minimum absolute atomic E-state index is 0.0546. The van der Waals surface area contributed by atoms with E-state index in [0.29, 0.717) is 18.5 Å². The van der Waals surface area contributed by atoms with Gasteiger partial charge in [0.25, 0.3) is 0 Å². The Balaban J connectivity index is 1.75. The molecule has 0 N–H and O–H groups in total. The highest BCUT2D eigenvalue weighted by atomic mass is 16.6. The van der Waals surface area contributed by atoms with Crippen LogP contribution < -0.4 is 0 Å². The van der Waals surface area contributed by atoms with Crippen LogP contribution in [0.3, 0.4) is 0 Å². The number of fused-ring (bicyclic) bond motifs is 1. The predicted molar refractivity (Wildman–Crippen MR) is 132 cm³/mol. The molecule has 34 heavy (non-hydrogen) atoms. The highest BCUT2D eigenvalue weighted by molar-refractivity contribution is 5.93. The van der Waals surface area contributed by atoms with Gasteiger partial charge >= 0.3 is 12.1 Å². The van der Waals surface area contributed by atoms with Gasteiger partial charge in [0.2, 0.25) is 0 Å². The fraction of sp³-hybridized carbons (Fsp3) is 0.448. The predicted octanol–water partition coefficient (Wildman–Crippen LogP) is 5.51. The molecule has 1 saturated heterocycles. The van der Waals surface area contributed by atoms with Crippen molar-refractivity contribution in [1.82, 2.24) is 4.90 Å². The Morgan fingerprint density at radius 3 is 2.44 bits per heavy atom. The van der Waals surface area contributed by atoms with Crippen LogP contribution in [0.5, 0.6) is 0 Å². The van der Waals surface area contributed by atoms with Crippen molar-refractivity contribution in [3.8, 4) is 11.8 Å². The zero-order valence-electron chi connectivity index (χ0n) is 20.7. The van der Waals surface area contributed by atoms with Gasteiger partial charge in [0.1, 0.15) is 0 Å². The van der Waals surface area contributed by atoms with Gasteiger partial charge < -0.3 is 14.4 Å². The molecule has 1 amide bonds. The van der Waals surface area contributed by atoms with Crippen molar-refractivity contribution < 1.29 is 19.1 Å². The second-order valence-corrected chi connectivity index (χ2v) is 9.69. The Labute approximate surface area is 202 Å². The molecule has 2 aromatic rings. The topological polar surface area (TPSA) is 55.8 Å². The van der Waals surface area contributed by atoms with E-state index in [2.05, 4.69) is 11.8 Å². The summed E-state index contributed by atoms with van der Waals surface area (Å²) in [7, 11) is 1.41. The molecule has 0 bridgehead atoms. The first-order valence-electron chi connectivity index (χ1n) is 12.0. The highest BCUT2D eigenvalue weighted by Crippen LogP contribution is 2.45. The average Bonchev–Trinajstić information content (AvgIpc) is 3.22. The number of hydrogen-bond acceptors (Lipinski definition) is 4. The van der Waals surface area contributed by atoms with Crippen LogP contribution in [0.4, 0.5) is 4.79 Å². The number of hydrogen-bond donors (Lipinski definition) is 0. The van der Waals surface area contributed by atoms with Gasteiger partial charge in [-0.15, -0.1) is 0 Å². The van der Waals surface area contributed by atoms with E-state index in [1.165, 1.54) is 7.11 Å². The number of benzene rings is 2. The SMILES string of the molecule is COC(=O)N1CC[C@@H]2[C@H]1CCC[C@]2(C#Cc1cccc(C)c1)OC(=O)c1c(C)cc(C)cc1C. The molecule has 3 atom stereocenters. The third-order valence-electron chi connectivity index (χ3n) is 7.19. The standard InChI is InChI=1S/C29H33NO4/c1-19-8-6-9-23(18-19)11-14-29(34-27(31)26-21(3)16-20(2)17-22(26)4)13-7-10-25-24(29)12-15-30(25)28(32)33-5/h6,8-9,16-18,24-25H,7,10,12-13,15H2,1-5H3/t24-,25-,29-/m1/s1. The Bertz CT molecular complexity index is 1150. The molecule has 0 radical (unpaired) electrons. The Hall–Kier alpha value is -3.26. The third-order valence-corrected chi connectivity index (χ3v) is 7.19. The Kier molecular flexibility index (Phi) is 6.70. The van der Waals surface area contributed by atoms with Crippen molar-refractivity contribution in [2.24, 2.45) is 5.92 Å². The summed E-state index contributed by atoms with van der Waals surface area (Å²) in [5.74, 6) is 6.30. The second kappa shape index (κ2) is 9.54. The van der Waals surface area contributed by atoms with Gasteiger partial charge in [-0.3, -0.25) is 0 Å². The van der Waals surface area contributed by atoms with Crippen LogP contribution in [0.15, 0.2) is 36.4 Å². The number of methoxy groups -OCH3 is 1. The first-order chi connectivity index (χ1) is 16.2. The van der Waals surface area contributed by atoms with Crippen molar-refractivity contribution in [2.75, 3.05) is 13.7 Å². The molecule has 5 nitrogen and oxygen atoms in total. The molecule has 1 saturated carbocycles. The maximum atomic E-state index is 13.6. The van der Waals surface area contributed by atoms with Gasteiger partial charge in [-0.25, -0.2) is 9.59 Å². The summed E-state index contributed by atoms with van der Waals surface area (Å²) in [6, 6.07) is 12.0. The molecule has 4 rings (SSSR count). The van der Waals surface area contributed by atoms with E-state index in [1.807, 2.05) is 64.1 Å². The van der Waals surface area contributed by atoms with Crippen molar-refractivity contribution in [2.45, 2.75) is 65.0 Å². The number of carbonyl (C=O) groups is 2. The summed E-state index contributed by atoms with van der Waals surface area (Å²) >= 11 is 0. The largest absolute Gasteiger partial charge is 0.453 e. The van der Waals surface area contributed by atoms with E-state index in [-0.39, 0.29) is 24.0 Å². The van der Waals surface area contributed by atoms with Crippen LogP contribution in [-0.4, -0.2) is 42.3 Å². The van der Waals surface area contributed by atoms with Crippen molar-refractivity contribution in [1.29, 1.82) is 0 Å². The number of nitrogens with zero attached hydrogens (tertiary/aromatic N) is 1. The second-order valence-electron chi connectivity index (χ2n) is 9.69. The Morgan fingerprint density at radius 2 is 1.76 bits per heavy atom. The van der Waals surface area contributed by atoms with E-state index >= 15 is 0 Å². The maximum absolute atomic E-state index is 13.6. The first-order valence-corrected chi connectivity index (χ1v) is 12.0. The molecule has 0 spiro atoms. The average molecular weight is 460 g/mol. The molecule has 0 unspecified atom stereocenters. The molecule has 1 heterocycles. The zero-order chi connectivity index (χ0) is 24.5. The van der Waals surface area contributed by atoms with E-state index in [4.69, 9.17) is 9.47 Å². The van der Waals surface area contributed by atoms with Crippen LogP contribution in [0.1, 0.15) is 63.9 Å². The van der Waals surface area contributed by atoms with Crippen LogP contribution in [-0.2, 0) is 9.47 Å². The molecule has 2 aliphatic rings. The molecule has 2 fully saturated rings. The molecular formula is C29H33NO4. The molecular weight excluding hydrogens is 426 g/mol. The first kappa shape index (κ1) is 23.9. The fourth-order valence-electron chi connectivity index (χ4n) is 5.78. The number of ether oxygens (including phenoxy) is 2. The van der Waals surface area contributed by atoms with Gasteiger partial charge in [0, 0.05) is 24.1 Å². The Morgan fingerprint density at radius 1 is 1.03 bits per heavy atom. The lowest BCUT2D eigenvalue weighted by Crippen LogP contribution is -2.52. The van der Waals surface area contributed by atoms with Crippen LogP contribution in [0.2, 0.25) is 0 Å². The zero-order valence-corrected chi connectivity index (χ0v) is 20.7. The van der Waals surface area contributed by atoms with Crippen molar-refractivity contribution in [3.63, 3.8) is 0 Å². The molecule has 178 valence electrons. The smallest absolute Gasteiger partial charge is 0.409 e. The van der Waals surface area contributed by atoms with E-state index in [9.17, 15) is 9.59 Å². The number of likely N-dealkylation sites (tertiary alicyclic amines) is 1. The van der Waals surface area contributed by atoms with Gasteiger partial charge in [-0.1, -0.05) is 35.7 Å². The van der Waals surface area contributed by atoms with Crippen molar-refractivity contribution in [3.05, 3.63) is 69.8 Å². The van der Waals surface area contributed by atoms with E-state index in [0.717, 1.165) is 47.1 Å². The molecule has 0 aromatic heterocycles. The molecule has 5 heteroatoms. The monoisotopic (exact) mass is 459 g/mol. The lowest BCUT2D eigenvalue weighted by molar-refractivity contribution is -0.0446. The van der Waals surface area contributed by atoms with Crippen LogP contribution in [0.25, 0.3) is 0 Å². The van der Waals surface area contributed by atoms with E-state index < -0.39 is 5.60 Å². The quantitative estimate of drug-likeness (QED) is 0.439. The number of rotatable bonds is 2. The third kappa shape index (κ3) is 4.55. The summed E-state index contributed by atoms with van der Waals surface area (Å²) in [5, 5.41) is 0. The van der Waals surface area contributed by atoms with Crippen LogP contribution in [0, 0.1) is 45.5 Å². The molecule has 1 aliphatic heterocycles. The van der Waals surface area contributed by atoms with Crippen molar-refractivity contribution >= 4 is 12.1 Å². The number of carbonyl (C=O) groups excluding carboxylic acids is 2. The van der Waals surface area contributed by atoms with E-state index in [1.54, 1.807) is 4.90 Å². The summed E-state index contributed by atoms with van der Waals surface area (Å²) in [4.78, 5) is 27.8. The van der Waals surface area contributed by atoms with Gasteiger partial charge in [0.15, 0.2) is 5.60 Å². The molecule has 2 aromatic carbocycles. The maximum Gasteiger partial charge on any atom is 0.409 e. The number of esters is 1. The lowest BCUT2D eigenvalue weighted by atomic mass is 9.72. The summed E-state index contributed by atoms with van der Waals surface area (Å²) in [5.41, 5.74) is 4.58. The summed E-state index contributed by atoms with van der Waals surface area (Å²) in [6.07, 6.45) is 2.72. The number of amides is 1. The normalized spacial score (nSPS) is 23.5. The van der Waals surface area contributed by atoms with Gasteiger partial charge in [0.05, 0.1) is 12.7 Å². The van der Waals surface area contributed by atoms with Gasteiger partial charge in [-0.05, 0) is 88.1 Å². The van der Waals surface area contributed by atoms with Gasteiger partial charge in [-0.2, -0.15) is 0 Å². The lowest BCUT2D eigenvalue weighted by Gasteiger charge is -2.42. The number of aryl methyl sites for hydroxylation is 4.